The first kappa shape index (κ1) is 14.8. The van der Waals surface area contributed by atoms with Crippen LogP contribution >= 0.6 is 39.1 Å². The SMILES string of the molecule is CNC(c1cc(Cl)ccc1Cl)c1cccc(Br)c1F. The first-order valence-electron chi connectivity index (χ1n) is 5.60. The van der Waals surface area contributed by atoms with E-state index in [1.807, 2.05) is 0 Å². The third kappa shape index (κ3) is 3.11. The number of rotatable bonds is 3. The van der Waals surface area contributed by atoms with Crippen LogP contribution in [0.25, 0.3) is 0 Å². The Bertz CT molecular complexity index is 602. The van der Waals surface area contributed by atoms with Crippen LogP contribution in [-0.4, -0.2) is 7.05 Å². The Morgan fingerprint density at radius 2 is 1.89 bits per heavy atom. The lowest BCUT2D eigenvalue weighted by molar-refractivity contribution is 0.571. The predicted molar refractivity (Wildman–Crippen MR) is 81.5 cm³/mol. The van der Waals surface area contributed by atoms with Crippen LogP contribution in [0.5, 0.6) is 0 Å². The lowest BCUT2D eigenvalue weighted by atomic mass is 9.98. The van der Waals surface area contributed by atoms with Crippen molar-refractivity contribution >= 4 is 39.1 Å². The summed E-state index contributed by atoms with van der Waals surface area (Å²) in [5, 5.41) is 4.18. The summed E-state index contributed by atoms with van der Waals surface area (Å²) < 4.78 is 14.6. The molecule has 0 saturated heterocycles. The van der Waals surface area contributed by atoms with Gasteiger partial charge in [-0.05, 0) is 52.8 Å². The quantitative estimate of drug-likeness (QED) is 0.790. The molecule has 1 nitrogen and oxygen atoms in total. The van der Waals surface area contributed by atoms with E-state index in [-0.39, 0.29) is 11.9 Å². The molecule has 0 aliphatic heterocycles. The molecule has 1 unspecified atom stereocenters. The van der Waals surface area contributed by atoms with Crippen LogP contribution in [0, 0.1) is 5.82 Å². The van der Waals surface area contributed by atoms with Gasteiger partial charge in [0.05, 0.1) is 10.5 Å². The van der Waals surface area contributed by atoms with Gasteiger partial charge in [-0.3, -0.25) is 0 Å². The highest BCUT2D eigenvalue weighted by Crippen LogP contribution is 2.33. The fourth-order valence-electron chi connectivity index (χ4n) is 1.96. The lowest BCUT2D eigenvalue weighted by Gasteiger charge is -2.20. The standard InChI is InChI=1S/C14H11BrCl2FN/c1-19-14(9-3-2-4-11(15)13(9)18)10-7-8(16)5-6-12(10)17/h2-7,14,19H,1H3. The molecule has 1 atom stereocenters. The van der Waals surface area contributed by atoms with Gasteiger partial charge in [0.15, 0.2) is 0 Å². The molecule has 0 radical (unpaired) electrons. The Labute approximate surface area is 129 Å². The summed E-state index contributed by atoms with van der Waals surface area (Å²) in [5.41, 5.74) is 1.26. The van der Waals surface area contributed by atoms with Gasteiger partial charge in [0.2, 0.25) is 0 Å². The van der Waals surface area contributed by atoms with Gasteiger partial charge in [0.1, 0.15) is 5.82 Å². The highest BCUT2D eigenvalue weighted by atomic mass is 79.9. The van der Waals surface area contributed by atoms with Crippen molar-refractivity contribution in [3.05, 3.63) is 67.9 Å². The summed E-state index contributed by atoms with van der Waals surface area (Å²) in [5.74, 6) is -0.308. The van der Waals surface area contributed by atoms with Crippen LogP contribution in [0.1, 0.15) is 17.2 Å². The van der Waals surface area contributed by atoms with E-state index in [0.717, 1.165) is 5.56 Å². The zero-order chi connectivity index (χ0) is 14.0. The van der Waals surface area contributed by atoms with Gasteiger partial charge in [-0.25, -0.2) is 4.39 Å². The van der Waals surface area contributed by atoms with Gasteiger partial charge in [0, 0.05) is 15.6 Å². The van der Waals surface area contributed by atoms with Crippen molar-refractivity contribution in [1.29, 1.82) is 0 Å². The number of nitrogens with one attached hydrogen (secondary N) is 1. The summed E-state index contributed by atoms with van der Waals surface area (Å²) in [6.07, 6.45) is 0. The van der Waals surface area contributed by atoms with E-state index in [9.17, 15) is 4.39 Å². The molecule has 2 rings (SSSR count). The Morgan fingerprint density at radius 1 is 1.16 bits per heavy atom. The van der Waals surface area contributed by atoms with Crippen molar-refractivity contribution in [1.82, 2.24) is 5.32 Å². The largest absolute Gasteiger partial charge is 0.309 e. The second kappa shape index (κ2) is 6.23. The van der Waals surface area contributed by atoms with E-state index in [2.05, 4.69) is 21.2 Å². The Balaban J connectivity index is 2.56. The van der Waals surface area contributed by atoms with Crippen molar-refractivity contribution in [2.75, 3.05) is 7.05 Å². The summed E-state index contributed by atoms with van der Waals surface area (Å²) in [7, 11) is 1.75. The highest BCUT2D eigenvalue weighted by Gasteiger charge is 2.20. The molecule has 100 valence electrons. The highest BCUT2D eigenvalue weighted by molar-refractivity contribution is 9.10. The molecule has 2 aromatic rings. The Kier molecular flexibility index (Phi) is 4.85. The van der Waals surface area contributed by atoms with E-state index in [1.165, 1.54) is 0 Å². The molecule has 5 heteroatoms. The zero-order valence-electron chi connectivity index (χ0n) is 10.1. The maximum absolute atomic E-state index is 14.2. The molecule has 0 spiro atoms. The van der Waals surface area contributed by atoms with Gasteiger partial charge in [0.25, 0.3) is 0 Å². The zero-order valence-corrected chi connectivity index (χ0v) is 13.2. The van der Waals surface area contributed by atoms with Gasteiger partial charge in [-0.15, -0.1) is 0 Å². The molecule has 0 saturated carbocycles. The van der Waals surface area contributed by atoms with Gasteiger partial charge < -0.3 is 5.32 Å². The maximum atomic E-state index is 14.2. The summed E-state index contributed by atoms with van der Waals surface area (Å²) >= 11 is 15.4. The molecular formula is C14H11BrCl2FN. The molecule has 0 bridgehead atoms. The van der Waals surface area contributed by atoms with Gasteiger partial charge in [-0.2, -0.15) is 0 Å². The third-order valence-corrected chi connectivity index (χ3v) is 4.04. The first-order chi connectivity index (χ1) is 9.04. The predicted octanol–water partition coefficient (Wildman–Crippen LogP) is 5.20. The molecule has 0 aliphatic carbocycles. The molecule has 19 heavy (non-hydrogen) atoms. The summed E-state index contributed by atoms with van der Waals surface area (Å²) in [4.78, 5) is 0. The molecule has 0 aromatic heterocycles. The van der Waals surface area contributed by atoms with Crippen molar-refractivity contribution in [3.8, 4) is 0 Å². The molecule has 0 aliphatic rings. The van der Waals surface area contributed by atoms with Crippen LogP contribution in [0.4, 0.5) is 4.39 Å². The van der Waals surface area contributed by atoms with E-state index in [4.69, 9.17) is 23.2 Å². The lowest BCUT2D eigenvalue weighted by Crippen LogP contribution is -2.19. The van der Waals surface area contributed by atoms with Crippen molar-refractivity contribution in [3.63, 3.8) is 0 Å². The number of hydrogen-bond acceptors (Lipinski definition) is 1. The fourth-order valence-corrected chi connectivity index (χ4v) is 2.75. The molecule has 0 amide bonds. The minimum absolute atomic E-state index is 0.308. The second-order valence-electron chi connectivity index (χ2n) is 4.03. The minimum Gasteiger partial charge on any atom is -0.309 e. The van der Waals surface area contributed by atoms with Crippen LogP contribution in [-0.2, 0) is 0 Å². The molecule has 0 heterocycles. The van der Waals surface area contributed by atoms with Crippen molar-refractivity contribution < 1.29 is 4.39 Å². The third-order valence-electron chi connectivity index (χ3n) is 2.85. The Morgan fingerprint density at radius 3 is 2.58 bits per heavy atom. The molecular weight excluding hydrogens is 352 g/mol. The number of halogens is 4. The maximum Gasteiger partial charge on any atom is 0.142 e. The molecule has 0 fully saturated rings. The average molecular weight is 363 g/mol. The van der Waals surface area contributed by atoms with Crippen LogP contribution in [0.15, 0.2) is 40.9 Å². The summed E-state index contributed by atoms with van der Waals surface area (Å²) in [6.45, 7) is 0. The molecule has 2 aromatic carbocycles. The monoisotopic (exact) mass is 361 g/mol. The smallest absolute Gasteiger partial charge is 0.142 e. The van der Waals surface area contributed by atoms with Crippen molar-refractivity contribution in [2.45, 2.75) is 6.04 Å². The molecule has 1 N–H and O–H groups in total. The Hall–Kier alpha value is -0.610. The number of benzene rings is 2. The summed E-state index contributed by atoms with van der Waals surface area (Å²) in [6, 6.07) is 9.96. The fraction of sp³-hybridized carbons (Fsp3) is 0.143. The normalized spacial score (nSPS) is 12.5. The van der Waals surface area contributed by atoms with E-state index in [0.29, 0.717) is 20.1 Å². The van der Waals surface area contributed by atoms with Gasteiger partial charge >= 0.3 is 0 Å². The average Bonchev–Trinajstić information content (AvgIpc) is 2.39. The second-order valence-corrected chi connectivity index (χ2v) is 5.73. The topological polar surface area (TPSA) is 12.0 Å². The van der Waals surface area contributed by atoms with Crippen LogP contribution < -0.4 is 5.32 Å². The van der Waals surface area contributed by atoms with E-state index in [1.54, 1.807) is 43.4 Å². The van der Waals surface area contributed by atoms with E-state index >= 15 is 0 Å². The van der Waals surface area contributed by atoms with Gasteiger partial charge in [-0.1, -0.05) is 35.3 Å². The van der Waals surface area contributed by atoms with E-state index < -0.39 is 0 Å². The van der Waals surface area contributed by atoms with Crippen LogP contribution in [0.2, 0.25) is 10.0 Å². The van der Waals surface area contributed by atoms with Crippen molar-refractivity contribution in [2.24, 2.45) is 0 Å². The van der Waals surface area contributed by atoms with Crippen LogP contribution in [0.3, 0.4) is 0 Å². The number of hydrogen-bond donors (Lipinski definition) is 1. The minimum atomic E-state index is -0.358. The first-order valence-corrected chi connectivity index (χ1v) is 7.15.